The number of ether oxygens (including phenoxy) is 3. The number of allylic oxidation sites excluding steroid dienone is 8. The molecule has 266 valence electrons. The summed E-state index contributed by atoms with van der Waals surface area (Å²) in [5.41, 5.74) is 0. The van der Waals surface area contributed by atoms with Gasteiger partial charge in [0, 0.05) is 19.4 Å². The first-order chi connectivity index (χ1) is 22.6. The lowest BCUT2D eigenvalue weighted by Crippen LogP contribution is -2.30. The molecular formula is C41H72O5. The molecule has 0 aromatic heterocycles. The lowest BCUT2D eigenvalue weighted by atomic mass is 10.1. The maximum Gasteiger partial charge on any atom is 0.306 e. The molecule has 0 rings (SSSR count). The molecule has 5 heteroatoms. The zero-order chi connectivity index (χ0) is 33.6. The van der Waals surface area contributed by atoms with Crippen LogP contribution in [0.1, 0.15) is 175 Å². The first-order valence-corrected chi connectivity index (χ1v) is 19.2. The van der Waals surface area contributed by atoms with Gasteiger partial charge in [-0.15, -0.1) is 0 Å². The molecule has 1 unspecified atom stereocenters. The molecule has 0 fully saturated rings. The van der Waals surface area contributed by atoms with Crippen LogP contribution in [0.3, 0.4) is 0 Å². The lowest BCUT2D eigenvalue weighted by Gasteiger charge is -2.18. The molecule has 0 spiro atoms. The normalized spacial score (nSPS) is 12.7. The minimum absolute atomic E-state index is 0.0652. The fourth-order valence-corrected chi connectivity index (χ4v) is 5.03. The molecule has 0 saturated heterocycles. The van der Waals surface area contributed by atoms with Gasteiger partial charge in [0.05, 0.1) is 6.61 Å². The van der Waals surface area contributed by atoms with Crippen LogP contribution in [-0.2, 0) is 23.8 Å². The number of carbonyl (C=O) groups excluding carboxylic acids is 2. The van der Waals surface area contributed by atoms with Crippen molar-refractivity contribution in [3.8, 4) is 0 Å². The highest BCUT2D eigenvalue weighted by molar-refractivity contribution is 5.70. The third-order valence-electron chi connectivity index (χ3n) is 7.88. The lowest BCUT2D eigenvalue weighted by molar-refractivity contribution is -0.163. The van der Waals surface area contributed by atoms with E-state index in [0.29, 0.717) is 19.4 Å². The summed E-state index contributed by atoms with van der Waals surface area (Å²) in [6, 6.07) is 0. The van der Waals surface area contributed by atoms with Gasteiger partial charge in [-0.2, -0.15) is 0 Å². The predicted octanol–water partition coefficient (Wildman–Crippen LogP) is 12.1. The van der Waals surface area contributed by atoms with Crippen molar-refractivity contribution in [2.45, 2.75) is 181 Å². The van der Waals surface area contributed by atoms with Gasteiger partial charge in [-0.3, -0.25) is 9.59 Å². The first kappa shape index (κ1) is 43.9. The molecular weight excluding hydrogens is 572 g/mol. The highest BCUT2D eigenvalue weighted by atomic mass is 16.6. The van der Waals surface area contributed by atoms with E-state index in [9.17, 15) is 9.59 Å². The van der Waals surface area contributed by atoms with Gasteiger partial charge in [0.2, 0.25) is 0 Å². The largest absolute Gasteiger partial charge is 0.462 e. The molecule has 0 bridgehead atoms. The number of esters is 2. The number of carbonyl (C=O) groups is 2. The van der Waals surface area contributed by atoms with E-state index in [0.717, 1.165) is 70.6 Å². The molecule has 46 heavy (non-hydrogen) atoms. The van der Waals surface area contributed by atoms with E-state index in [1.54, 1.807) is 0 Å². The van der Waals surface area contributed by atoms with Crippen LogP contribution >= 0.6 is 0 Å². The van der Waals surface area contributed by atoms with Gasteiger partial charge < -0.3 is 14.2 Å². The Bertz CT molecular complexity index is 782. The van der Waals surface area contributed by atoms with Crippen LogP contribution in [0, 0.1) is 0 Å². The van der Waals surface area contributed by atoms with Gasteiger partial charge >= 0.3 is 11.9 Å². The Morgan fingerprint density at radius 2 is 0.978 bits per heavy atom. The van der Waals surface area contributed by atoms with Gasteiger partial charge in [0.25, 0.3) is 0 Å². The van der Waals surface area contributed by atoms with Crippen LogP contribution in [0.25, 0.3) is 0 Å². The maximum atomic E-state index is 12.5. The average Bonchev–Trinajstić information content (AvgIpc) is 3.05. The molecule has 0 amide bonds. The average molecular weight is 645 g/mol. The Labute approximate surface area is 284 Å². The van der Waals surface area contributed by atoms with E-state index >= 15 is 0 Å². The van der Waals surface area contributed by atoms with Crippen molar-refractivity contribution >= 4 is 11.9 Å². The quantitative estimate of drug-likeness (QED) is 0.0396. The molecule has 0 heterocycles. The predicted molar refractivity (Wildman–Crippen MR) is 196 cm³/mol. The van der Waals surface area contributed by atoms with Gasteiger partial charge in [0.15, 0.2) is 6.10 Å². The van der Waals surface area contributed by atoms with Crippen molar-refractivity contribution < 1.29 is 23.8 Å². The van der Waals surface area contributed by atoms with Crippen LogP contribution in [0.2, 0.25) is 0 Å². The zero-order valence-electron chi connectivity index (χ0n) is 30.3. The third-order valence-corrected chi connectivity index (χ3v) is 7.88. The summed E-state index contributed by atoms with van der Waals surface area (Å²) >= 11 is 0. The van der Waals surface area contributed by atoms with Crippen molar-refractivity contribution in [2.75, 3.05) is 19.8 Å². The van der Waals surface area contributed by atoms with Crippen molar-refractivity contribution in [3.05, 3.63) is 48.6 Å². The molecule has 5 nitrogen and oxygen atoms in total. The van der Waals surface area contributed by atoms with Crippen LogP contribution in [-0.4, -0.2) is 37.9 Å². The summed E-state index contributed by atoms with van der Waals surface area (Å²) in [5.74, 6) is -0.453. The molecule has 0 aliphatic heterocycles. The van der Waals surface area contributed by atoms with Crippen LogP contribution in [0.5, 0.6) is 0 Å². The van der Waals surface area contributed by atoms with Gasteiger partial charge in [-0.1, -0.05) is 153 Å². The second-order valence-electron chi connectivity index (χ2n) is 12.5. The van der Waals surface area contributed by atoms with Crippen LogP contribution < -0.4 is 0 Å². The third kappa shape index (κ3) is 34.7. The number of hydrogen-bond acceptors (Lipinski definition) is 5. The topological polar surface area (TPSA) is 61.8 Å². The molecule has 0 aliphatic rings. The maximum absolute atomic E-state index is 12.5. The molecule has 0 radical (unpaired) electrons. The summed E-state index contributed by atoms with van der Waals surface area (Å²) in [5, 5.41) is 0. The Morgan fingerprint density at radius 1 is 0.500 bits per heavy atom. The molecule has 0 N–H and O–H groups in total. The minimum Gasteiger partial charge on any atom is -0.462 e. The summed E-state index contributed by atoms with van der Waals surface area (Å²) < 4.78 is 17.1. The Hall–Kier alpha value is -2.14. The summed E-state index contributed by atoms with van der Waals surface area (Å²) in [4.78, 5) is 24.9. The van der Waals surface area contributed by atoms with Crippen molar-refractivity contribution in [1.82, 2.24) is 0 Å². The summed E-state index contributed by atoms with van der Waals surface area (Å²) in [6.45, 7) is 7.60. The SMILES string of the molecule is CC/C=C\C/C=C\C/C=C\C/C=C\CCCCC(=O)OCC(COCCCCCCCC)OC(=O)CCCCCCCCCCC. The van der Waals surface area contributed by atoms with E-state index in [-0.39, 0.29) is 25.2 Å². The standard InChI is InChI=1S/C41H72O5/c1-4-7-10-13-16-18-19-20-21-22-23-25-26-28-31-34-40(42)45-38-39(37-44-36-33-30-15-12-9-6-3)46-41(43)35-32-29-27-24-17-14-11-8-5-2/h7,10,16,18,20-21,23,25,39H,4-6,8-9,11-15,17,19,22,24,26-38H2,1-3H3/b10-7-,18-16-,21-20-,25-23-. The van der Waals surface area contributed by atoms with Crippen molar-refractivity contribution in [3.63, 3.8) is 0 Å². The Balaban J connectivity index is 4.23. The Morgan fingerprint density at radius 3 is 1.57 bits per heavy atom. The van der Waals surface area contributed by atoms with Crippen LogP contribution in [0.15, 0.2) is 48.6 Å². The van der Waals surface area contributed by atoms with Crippen LogP contribution in [0.4, 0.5) is 0 Å². The van der Waals surface area contributed by atoms with Gasteiger partial charge in [0.1, 0.15) is 6.61 Å². The molecule has 0 aromatic carbocycles. The summed E-state index contributed by atoms with van der Waals surface area (Å²) in [7, 11) is 0. The highest BCUT2D eigenvalue weighted by Crippen LogP contribution is 2.12. The van der Waals surface area contributed by atoms with Crippen molar-refractivity contribution in [1.29, 1.82) is 0 Å². The highest BCUT2D eigenvalue weighted by Gasteiger charge is 2.17. The molecule has 0 aromatic rings. The number of hydrogen-bond donors (Lipinski definition) is 0. The first-order valence-electron chi connectivity index (χ1n) is 19.2. The molecule has 0 saturated carbocycles. The van der Waals surface area contributed by atoms with Gasteiger partial charge in [-0.25, -0.2) is 0 Å². The van der Waals surface area contributed by atoms with E-state index in [1.807, 2.05) is 0 Å². The Kier molecular flexibility index (Phi) is 35.6. The summed E-state index contributed by atoms with van der Waals surface area (Å²) in [6.07, 6.45) is 42.6. The molecule has 0 aliphatic carbocycles. The van der Waals surface area contributed by atoms with E-state index in [4.69, 9.17) is 14.2 Å². The van der Waals surface area contributed by atoms with E-state index in [1.165, 1.54) is 70.6 Å². The fourth-order valence-electron chi connectivity index (χ4n) is 5.03. The second kappa shape index (κ2) is 37.3. The fraction of sp³-hybridized carbons (Fsp3) is 0.756. The smallest absolute Gasteiger partial charge is 0.306 e. The number of rotatable bonds is 34. The second-order valence-corrected chi connectivity index (χ2v) is 12.5. The van der Waals surface area contributed by atoms with Crippen molar-refractivity contribution in [2.24, 2.45) is 0 Å². The zero-order valence-corrected chi connectivity index (χ0v) is 30.3. The van der Waals surface area contributed by atoms with Gasteiger partial charge in [-0.05, 0) is 57.8 Å². The van der Waals surface area contributed by atoms with E-state index < -0.39 is 6.10 Å². The minimum atomic E-state index is -0.542. The number of unbranched alkanes of at least 4 members (excludes halogenated alkanes) is 15. The monoisotopic (exact) mass is 645 g/mol. The van der Waals surface area contributed by atoms with E-state index in [2.05, 4.69) is 69.4 Å². The molecule has 1 atom stereocenters.